The summed E-state index contributed by atoms with van der Waals surface area (Å²) >= 11 is 0. The second kappa shape index (κ2) is 7.29. The molecule has 10 radical (unpaired) electrons. The monoisotopic (exact) mass is 252 g/mol. The van der Waals surface area contributed by atoms with Gasteiger partial charge in [0.1, 0.15) is 5.78 Å². The molecule has 0 heterocycles. The third-order valence-corrected chi connectivity index (χ3v) is 2.29. The van der Waals surface area contributed by atoms with Gasteiger partial charge in [0, 0.05) is 35.3 Å². The van der Waals surface area contributed by atoms with Crippen molar-refractivity contribution in [3.05, 3.63) is 75.4 Å². The topological polar surface area (TPSA) is 17.1 Å². The van der Waals surface area contributed by atoms with Gasteiger partial charge in [0.05, 0.1) is 0 Å². The van der Waals surface area contributed by atoms with E-state index < -0.39 is 0 Å². The maximum Gasteiger partial charge on any atom is 0.144 e. The summed E-state index contributed by atoms with van der Waals surface area (Å²) < 4.78 is 0. The Kier molecular flexibility index (Phi) is 6.38. The Morgan fingerprint density at radius 3 is 2.19 bits per heavy atom. The van der Waals surface area contributed by atoms with Gasteiger partial charge in [0.15, 0.2) is 0 Å². The predicted octanol–water partition coefficient (Wildman–Crippen LogP) is 2.31. The van der Waals surface area contributed by atoms with Crippen molar-refractivity contribution in [2.24, 2.45) is 0 Å². The van der Waals surface area contributed by atoms with Gasteiger partial charge < -0.3 is 0 Å². The summed E-state index contributed by atoms with van der Waals surface area (Å²) in [6, 6.07) is 0. The largest absolute Gasteiger partial charge is 0.299 e. The van der Waals surface area contributed by atoms with Crippen molar-refractivity contribution in [1.29, 1.82) is 0 Å². The van der Waals surface area contributed by atoms with Crippen LogP contribution < -0.4 is 0 Å². The molecule has 0 bridgehead atoms. The van der Waals surface area contributed by atoms with Gasteiger partial charge in [-0.15, -0.1) is 0 Å². The number of hydrogen-bond acceptors (Lipinski definition) is 1. The minimum Gasteiger partial charge on any atom is -0.299 e. The number of allylic oxidation sites excluding steroid dienone is 2. The maximum absolute atomic E-state index is 11.6. The molecule has 0 aromatic carbocycles. The molecular weight excluding hydrogens is 240 g/mol. The summed E-state index contributed by atoms with van der Waals surface area (Å²) in [6.07, 6.45) is 19.8. The van der Waals surface area contributed by atoms with Gasteiger partial charge in [-0.25, -0.2) is 0 Å². The minimum absolute atomic E-state index is 0. The van der Waals surface area contributed by atoms with Crippen molar-refractivity contribution in [1.82, 2.24) is 0 Å². The second-order valence-corrected chi connectivity index (χ2v) is 3.42. The van der Waals surface area contributed by atoms with Gasteiger partial charge in [-0.1, -0.05) is 12.2 Å². The zero-order chi connectivity index (χ0) is 10.5. The number of ketones is 1. The first kappa shape index (κ1) is 14.0. The first-order valence-corrected chi connectivity index (χ1v) is 4.99. The Balaban J connectivity index is 0.00000128. The molecule has 2 aliphatic carbocycles. The van der Waals surface area contributed by atoms with E-state index in [4.69, 9.17) is 0 Å². The van der Waals surface area contributed by atoms with Crippen LogP contribution in [0.25, 0.3) is 0 Å². The van der Waals surface area contributed by atoms with E-state index in [1.54, 1.807) is 0 Å². The Labute approximate surface area is 110 Å². The van der Waals surface area contributed by atoms with Crippen LogP contribution in [-0.4, -0.2) is 5.78 Å². The van der Waals surface area contributed by atoms with Gasteiger partial charge in [-0.3, -0.25) is 4.79 Å². The fourth-order valence-corrected chi connectivity index (χ4v) is 1.48. The van der Waals surface area contributed by atoms with Crippen LogP contribution >= 0.6 is 0 Å². The van der Waals surface area contributed by atoms with E-state index in [9.17, 15) is 4.79 Å². The second-order valence-electron chi connectivity index (χ2n) is 3.42. The fraction of sp³-hybridized carbons (Fsp3) is 0.0714. The van der Waals surface area contributed by atoms with Crippen LogP contribution in [0.2, 0.25) is 0 Å². The number of rotatable bonds is 4. The van der Waals surface area contributed by atoms with Crippen LogP contribution in [0.5, 0.6) is 0 Å². The summed E-state index contributed by atoms with van der Waals surface area (Å²) in [4.78, 5) is 11.6. The normalized spacial score (nSPS) is 22.8. The molecule has 2 rings (SSSR count). The summed E-state index contributed by atoms with van der Waals surface area (Å²) in [5.41, 5.74) is 0. The zero-order valence-electron chi connectivity index (χ0n) is 8.74. The number of hydrogen-bond donors (Lipinski definition) is 0. The molecule has 1 nitrogen and oxygen atoms in total. The SMILES string of the molecule is O=C(C/C=C\[C]1[CH][CH][CH][CH]1)[C]1[CH][CH][CH][CH]1.[Fe]. The molecule has 2 saturated carbocycles. The number of Topliss-reactive ketones (excluding diaryl/α,β-unsaturated/α-hetero) is 1. The van der Waals surface area contributed by atoms with E-state index >= 15 is 0 Å². The van der Waals surface area contributed by atoms with Crippen LogP contribution in [0.4, 0.5) is 0 Å². The molecule has 82 valence electrons. The van der Waals surface area contributed by atoms with Crippen LogP contribution in [0.1, 0.15) is 6.42 Å². The van der Waals surface area contributed by atoms with Crippen LogP contribution in [0.15, 0.2) is 12.2 Å². The molecule has 2 aliphatic rings. The van der Waals surface area contributed by atoms with Crippen molar-refractivity contribution in [3.63, 3.8) is 0 Å². The molecule has 2 heteroatoms. The van der Waals surface area contributed by atoms with Crippen molar-refractivity contribution in [2.75, 3.05) is 0 Å². The quantitative estimate of drug-likeness (QED) is 0.701. The molecule has 0 amide bonds. The Hall–Kier alpha value is -0.0705. The minimum atomic E-state index is 0. The summed E-state index contributed by atoms with van der Waals surface area (Å²) in [7, 11) is 0. The predicted molar refractivity (Wildman–Crippen MR) is 59.7 cm³/mol. The molecule has 0 atom stereocenters. The Bertz CT molecular complexity index is 235. The molecule has 0 N–H and O–H groups in total. The summed E-state index contributed by atoms with van der Waals surface area (Å²) in [5, 5.41) is 0. The Morgan fingerprint density at radius 2 is 1.56 bits per heavy atom. The Morgan fingerprint density at radius 1 is 1.00 bits per heavy atom. The van der Waals surface area contributed by atoms with Crippen LogP contribution in [-0.2, 0) is 21.9 Å². The van der Waals surface area contributed by atoms with E-state index in [1.807, 2.05) is 63.5 Å². The van der Waals surface area contributed by atoms with Gasteiger partial charge in [-0.05, 0) is 51.4 Å². The average molecular weight is 252 g/mol. The maximum atomic E-state index is 11.6. The molecular formula is C14H12FeO. The average Bonchev–Trinajstić information content (AvgIpc) is 2.90. The fourth-order valence-electron chi connectivity index (χ4n) is 1.48. The zero-order valence-corrected chi connectivity index (χ0v) is 9.85. The third kappa shape index (κ3) is 4.07. The van der Waals surface area contributed by atoms with Gasteiger partial charge in [0.2, 0.25) is 0 Å². The van der Waals surface area contributed by atoms with Gasteiger partial charge in [0.25, 0.3) is 0 Å². The molecule has 2 fully saturated rings. The van der Waals surface area contributed by atoms with Crippen LogP contribution in [0.3, 0.4) is 0 Å². The van der Waals surface area contributed by atoms with Gasteiger partial charge in [-0.2, -0.15) is 0 Å². The summed E-state index contributed by atoms with van der Waals surface area (Å²) in [6.45, 7) is 0. The number of carbonyl (C=O) groups excluding carboxylic acids is 1. The van der Waals surface area contributed by atoms with Gasteiger partial charge >= 0.3 is 0 Å². The summed E-state index contributed by atoms with van der Waals surface area (Å²) in [5.74, 6) is 2.11. The molecule has 0 saturated heterocycles. The third-order valence-electron chi connectivity index (χ3n) is 2.29. The number of carbonyl (C=O) groups is 1. The molecule has 0 aromatic rings. The van der Waals surface area contributed by atoms with E-state index in [1.165, 1.54) is 0 Å². The molecule has 16 heavy (non-hydrogen) atoms. The van der Waals surface area contributed by atoms with Crippen molar-refractivity contribution >= 4 is 5.78 Å². The first-order valence-electron chi connectivity index (χ1n) is 4.99. The first-order chi connectivity index (χ1) is 7.36. The van der Waals surface area contributed by atoms with Crippen LogP contribution in [0, 0.1) is 63.2 Å². The van der Waals surface area contributed by atoms with Crippen molar-refractivity contribution in [2.45, 2.75) is 6.42 Å². The molecule has 0 aliphatic heterocycles. The van der Waals surface area contributed by atoms with E-state index in [0.717, 1.165) is 11.8 Å². The van der Waals surface area contributed by atoms with E-state index in [0.29, 0.717) is 6.42 Å². The van der Waals surface area contributed by atoms with Crippen molar-refractivity contribution in [3.8, 4) is 0 Å². The molecule has 0 spiro atoms. The molecule has 0 aromatic heterocycles. The smallest absolute Gasteiger partial charge is 0.144 e. The molecule has 0 unspecified atom stereocenters. The standard InChI is InChI=1S/C14H12O.Fe/c15-14(13-9-3-4-10-13)11-5-8-12-6-1-2-7-12;/h1-10H,11H2;/b8-5-;. The van der Waals surface area contributed by atoms with Crippen molar-refractivity contribution < 1.29 is 21.9 Å². The van der Waals surface area contributed by atoms with E-state index in [2.05, 4.69) is 0 Å². The van der Waals surface area contributed by atoms with E-state index in [-0.39, 0.29) is 22.9 Å².